The molecule has 0 aliphatic heterocycles. The maximum Gasteiger partial charge on any atom is 0.316 e. The number of hydrogen-bond donors (Lipinski definition) is 1. The second kappa shape index (κ2) is 8.10. The summed E-state index contributed by atoms with van der Waals surface area (Å²) in [5.41, 5.74) is 1.23. The second-order valence-electron chi connectivity index (χ2n) is 7.52. The zero-order valence-electron chi connectivity index (χ0n) is 17.6. The van der Waals surface area contributed by atoms with Crippen molar-refractivity contribution >= 4 is 11.0 Å². The molecule has 1 N–H and O–H groups in total. The van der Waals surface area contributed by atoms with Crippen molar-refractivity contribution in [2.24, 2.45) is 5.92 Å². The molecular weight excluding hydrogens is 400 g/mol. The van der Waals surface area contributed by atoms with Gasteiger partial charge in [-0.25, -0.2) is 0 Å². The Bertz CT molecular complexity index is 1340. The lowest BCUT2D eigenvalue weighted by molar-refractivity contribution is 0.393. The predicted octanol–water partition coefficient (Wildman–Crippen LogP) is 3.08. The monoisotopic (exact) mass is 422 g/mol. The second-order valence-corrected chi connectivity index (χ2v) is 7.52. The Labute approximate surface area is 177 Å². The number of hydrogen-bond acceptors (Lipinski definition) is 7. The van der Waals surface area contributed by atoms with Gasteiger partial charge in [0.2, 0.25) is 5.82 Å². The van der Waals surface area contributed by atoms with Crippen molar-refractivity contribution in [3.05, 3.63) is 57.1 Å². The topological polar surface area (TPSA) is 112 Å². The average Bonchev–Trinajstić information content (AvgIpc) is 3.26. The molecule has 0 unspecified atom stereocenters. The Balaban J connectivity index is 1.77. The number of fused-ring (bicyclic) bond motifs is 1. The fraction of sp³-hybridized carbons (Fsp3) is 0.273. The summed E-state index contributed by atoms with van der Waals surface area (Å²) in [6.07, 6.45) is 0. The molecule has 9 nitrogen and oxygen atoms in total. The number of aromatic nitrogens is 4. The Morgan fingerprint density at radius 1 is 1.03 bits per heavy atom. The van der Waals surface area contributed by atoms with Crippen LogP contribution in [-0.4, -0.2) is 33.9 Å². The molecule has 0 aliphatic carbocycles. The normalized spacial score (nSPS) is 11.3. The summed E-state index contributed by atoms with van der Waals surface area (Å²) in [6, 6.07) is 10.6. The van der Waals surface area contributed by atoms with Crippen LogP contribution in [0.2, 0.25) is 0 Å². The van der Waals surface area contributed by atoms with Crippen LogP contribution < -0.4 is 20.6 Å². The van der Waals surface area contributed by atoms with Gasteiger partial charge in [0, 0.05) is 23.7 Å². The maximum atomic E-state index is 12.3. The van der Waals surface area contributed by atoms with E-state index in [-0.39, 0.29) is 5.92 Å². The molecule has 0 atom stereocenters. The third-order valence-electron chi connectivity index (χ3n) is 4.81. The first kappa shape index (κ1) is 20.4. The van der Waals surface area contributed by atoms with Crippen LogP contribution >= 0.6 is 0 Å². The van der Waals surface area contributed by atoms with Crippen molar-refractivity contribution in [2.75, 3.05) is 14.2 Å². The maximum absolute atomic E-state index is 12.3. The molecule has 2 aromatic carbocycles. The fourth-order valence-electron chi connectivity index (χ4n) is 3.35. The van der Waals surface area contributed by atoms with Gasteiger partial charge in [-0.1, -0.05) is 19.0 Å². The van der Waals surface area contributed by atoms with Crippen LogP contribution in [0.1, 0.15) is 13.8 Å². The van der Waals surface area contributed by atoms with E-state index in [4.69, 9.17) is 14.0 Å². The Morgan fingerprint density at radius 2 is 1.74 bits per heavy atom. The Hall–Kier alpha value is -3.88. The Morgan fingerprint density at radius 3 is 2.39 bits per heavy atom. The van der Waals surface area contributed by atoms with Gasteiger partial charge in [-0.15, -0.1) is 0 Å². The fourth-order valence-corrected chi connectivity index (χ4v) is 3.35. The van der Waals surface area contributed by atoms with Crippen LogP contribution in [0, 0.1) is 5.92 Å². The SMILES string of the molecule is COc1cc(OC)cc(-c2nc(-c3ccc4c(c3)[nH]c(=O)c(=O)n4CC(C)C)no2)c1. The number of aromatic amines is 1. The Kier molecular flexibility index (Phi) is 5.33. The summed E-state index contributed by atoms with van der Waals surface area (Å²) < 4.78 is 17.5. The largest absolute Gasteiger partial charge is 0.497 e. The zero-order chi connectivity index (χ0) is 22.1. The van der Waals surface area contributed by atoms with E-state index < -0.39 is 11.1 Å². The first-order valence-corrected chi connectivity index (χ1v) is 9.74. The lowest BCUT2D eigenvalue weighted by Crippen LogP contribution is -2.37. The molecule has 2 aromatic heterocycles. The summed E-state index contributed by atoms with van der Waals surface area (Å²) >= 11 is 0. The highest BCUT2D eigenvalue weighted by Gasteiger charge is 2.15. The highest BCUT2D eigenvalue weighted by atomic mass is 16.5. The van der Waals surface area contributed by atoms with Crippen molar-refractivity contribution in [3.8, 4) is 34.3 Å². The van der Waals surface area contributed by atoms with Gasteiger partial charge in [-0.05, 0) is 36.2 Å². The highest BCUT2D eigenvalue weighted by molar-refractivity contribution is 5.80. The predicted molar refractivity (Wildman–Crippen MR) is 115 cm³/mol. The number of nitrogens with zero attached hydrogens (tertiary/aromatic N) is 3. The smallest absolute Gasteiger partial charge is 0.316 e. The van der Waals surface area contributed by atoms with Gasteiger partial charge in [-0.3, -0.25) is 9.59 Å². The van der Waals surface area contributed by atoms with Crippen LogP contribution in [0.5, 0.6) is 11.5 Å². The van der Waals surface area contributed by atoms with Crippen LogP contribution in [0.4, 0.5) is 0 Å². The van der Waals surface area contributed by atoms with Crippen LogP contribution in [0.3, 0.4) is 0 Å². The summed E-state index contributed by atoms with van der Waals surface area (Å²) in [5.74, 6) is 2.05. The molecule has 0 amide bonds. The number of ether oxygens (including phenoxy) is 2. The minimum absolute atomic E-state index is 0.210. The molecule has 0 saturated carbocycles. The van der Waals surface area contributed by atoms with E-state index in [9.17, 15) is 9.59 Å². The summed E-state index contributed by atoms with van der Waals surface area (Å²) in [4.78, 5) is 31.5. The quantitative estimate of drug-likeness (QED) is 0.475. The van der Waals surface area contributed by atoms with Gasteiger partial charge >= 0.3 is 11.1 Å². The molecule has 9 heteroatoms. The van der Waals surface area contributed by atoms with E-state index >= 15 is 0 Å². The van der Waals surface area contributed by atoms with Crippen molar-refractivity contribution in [3.63, 3.8) is 0 Å². The minimum atomic E-state index is -0.664. The molecule has 2 heterocycles. The van der Waals surface area contributed by atoms with E-state index in [1.165, 1.54) is 4.57 Å². The molecule has 0 aliphatic rings. The van der Waals surface area contributed by atoms with Gasteiger partial charge in [0.1, 0.15) is 11.5 Å². The summed E-state index contributed by atoms with van der Waals surface area (Å²) in [6.45, 7) is 4.42. The molecule has 0 bridgehead atoms. The van der Waals surface area contributed by atoms with Gasteiger partial charge in [0.15, 0.2) is 0 Å². The third-order valence-corrected chi connectivity index (χ3v) is 4.81. The van der Waals surface area contributed by atoms with Crippen molar-refractivity contribution in [1.29, 1.82) is 0 Å². The highest BCUT2D eigenvalue weighted by Crippen LogP contribution is 2.30. The lowest BCUT2D eigenvalue weighted by Gasteiger charge is -2.12. The molecule has 4 aromatic rings. The van der Waals surface area contributed by atoms with Crippen molar-refractivity contribution in [2.45, 2.75) is 20.4 Å². The third kappa shape index (κ3) is 3.94. The average molecular weight is 422 g/mol. The zero-order valence-corrected chi connectivity index (χ0v) is 17.6. The number of H-pyrrole nitrogens is 1. The molecule has 0 spiro atoms. The van der Waals surface area contributed by atoms with E-state index in [0.29, 0.717) is 51.9 Å². The van der Waals surface area contributed by atoms with Crippen molar-refractivity contribution in [1.82, 2.24) is 19.7 Å². The number of methoxy groups -OCH3 is 2. The minimum Gasteiger partial charge on any atom is -0.497 e. The number of nitrogens with one attached hydrogen (secondary N) is 1. The molecule has 0 radical (unpaired) electrons. The van der Waals surface area contributed by atoms with Gasteiger partial charge in [0.25, 0.3) is 5.89 Å². The van der Waals surface area contributed by atoms with E-state index in [1.54, 1.807) is 50.6 Å². The van der Waals surface area contributed by atoms with Crippen LogP contribution in [0.15, 0.2) is 50.5 Å². The van der Waals surface area contributed by atoms with Gasteiger partial charge in [0.05, 0.1) is 25.3 Å². The summed E-state index contributed by atoms with van der Waals surface area (Å²) in [5, 5.41) is 4.06. The molecule has 0 fully saturated rings. The van der Waals surface area contributed by atoms with Gasteiger partial charge in [-0.2, -0.15) is 4.98 Å². The summed E-state index contributed by atoms with van der Waals surface area (Å²) in [7, 11) is 3.12. The number of rotatable bonds is 6. The van der Waals surface area contributed by atoms with Crippen molar-refractivity contribution < 1.29 is 14.0 Å². The molecule has 31 heavy (non-hydrogen) atoms. The van der Waals surface area contributed by atoms with Crippen LogP contribution in [-0.2, 0) is 6.54 Å². The van der Waals surface area contributed by atoms with E-state index in [0.717, 1.165) is 0 Å². The first-order chi connectivity index (χ1) is 14.9. The molecule has 160 valence electrons. The standard InChI is InChI=1S/C22H22N4O5/c1-12(2)11-26-18-6-5-13(9-17(18)23-20(27)22(26)28)19-24-21(31-25-19)14-7-15(29-3)10-16(8-14)30-4/h5-10,12H,11H2,1-4H3,(H,23,27). The lowest BCUT2D eigenvalue weighted by atomic mass is 10.1. The first-order valence-electron chi connectivity index (χ1n) is 9.74. The van der Waals surface area contributed by atoms with Crippen LogP contribution in [0.25, 0.3) is 33.9 Å². The molecule has 0 saturated heterocycles. The van der Waals surface area contributed by atoms with Gasteiger partial charge < -0.3 is 23.5 Å². The van der Waals surface area contributed by atoms with E-state index in [2.05, 4.69) is 15.1 Å². The number of benzene rings is 2. The molecule has 4 rings (SSSR count). The molecular formula is C22H22N4O5. The van der Waals surface area contributed by atoms with E-state index in [1.807, 2.05) is 13.8 Å².